The Balaban J connectivity index is 1.49. The summed E-state index contributed by atoms with van der Waals surface area (Å²) in [6.45, 7) is -0.0540. The first-order chi connectivity index (χ1) is 18.1. The number of ether oxygens (including phenoxy) is 2. The number of carbonyl (C=O) groups excluding carboxylic acids is 1. The van der Waals surface area contributed by atoms with Crippen LogP contribution in [-0.2, 0) is 27.4 Å². The molecule has 1 aliphatic heterocycles. The third kappa shape index (κ3) is 5.60. The highest BCUT2D eigenvalue weighted by atomic mass is 16.8. The highest BCUT2D eigenvalue weighted by molar-refractivity contribution is 5.68. The van der Waals surface area contributed by atoms with E-state index in [0.717, 1.165) is 16.7 Å². The number of benzene rings is 3. The number of aliphatic carboxylic acids is 1. The predicted molar refractivity (Wildman–Crippen MR) is 131 cm³/mol. The van der Waals surface area contributed by atoms with E-state index in [9.17, 15) is 14.7 Å². The number of carbonyl (C=O) groups is 2. The monoisotopic (exact) mass is 500 g/mol. The molecular formula is C27H24N4O6. The van der Waals surface area contributed by atoms with Crippen LogP contribution in [0.2, 0.25) is 0 Å². The molecule has 1 atom stereocenters. The average molecular weight is 501 g/mol. The Hall–Kier alpha value is -4.70. The van der Waals surface area contributed by atoms with Crippen LogP contribution in [0.4, 0.5) is 4.79 Å². The molecule has 5 rings (SSSR count). The highest BCUT2D eigenvalue weighted by Crippen LogP contribution is 2.40. The lowest BCUT2D eigenvalue weighted by atomic mass is 9.89. The van der Waals surface area contributed by atoms with E-state index in [1.54, 1.807) is 34.3 Å². The summed E-state index contributed by atoms with van der Waals surface area (Å²) < 4.78 is 12.6. The van der Waals surface area contributed by atoms with Gasteiger partial charge in [0, 0.05) is 12.1 Å². The van der Waals surface area contributed by atoms with Crippen LogP contribution >= 0.6 is 0 Å². The molecule has 0 saturated carbocycles. The van der Waals surface area contributed by atoms with Gasteiger partial charge in [-0.2, -0.15) is 0 Å². The zero-order valence-electron chi connectivity index (χ0n) is 19.8. The third-order valence-electron chi connectivity index (χ3n) is 5.96. The smallest absolute Gasteiger partial charge is 0.482 e. The Morgan fingerprint density at radius 2 is 1.81 bits per heavy atom. The second kappa shape index (κ2) is 10.9. The summed E-state index contributed by atoms with van der Waals surface area (Å²) in [7, 11) is 0. The summed E-state index contributed by atoms with van der Waals surface area (Å²) in [6.07, 6.45) is 3.06. The summed E-state index contributed by atoms with van der Waals surface area (Å²) in [5.41, 5.74) is 4.12. The van der Waals surface area contributed by atoms with E-state index in [-0.39, 0.29) is 6.61 Å². The van der Waals surface area contributed by atoms with E-state index in [1.165, 1.54) is 0 Å². The molecule has 10 heteroatoms. The Morgan fingerprint density at radius 3 is 2.59 bits per heavy atom. The number of carboxylic acids is 1. The first-order valence-corrected chi connectivity index (χ1v) is 11.7. The number of fused-ring (bicyclic) bond motifs is 1. The van der Waals surface area contributed by atoms with Gasteiger partial charge >= 0.3 is 12.1 Å². The van der Waals surface area contributed by atoms with Gasteiger partial charge in [0.15, 0.2) is 6.61 Å². The third-order valence-corrected chi connectivity index (χ3v) is 5.96. The van der Waals surface area contributed by atoms with Gasteiger partial charge < -0.3 is 19.4 Å². The van der Waals surface area contributed by atoms with Crippen LogP contribution in [0.5, 0.6) is 5.75 Å². The van der Waals surface area contributed by atoms with E-state index < -0.39 is 24.8 Å². The number of nitrogens with zero attached hydrogens (tertiary/aromatic N) is 4. The number of hydroxylamine groups is 2. The van der Waals surface area contributed by atoms with Crippen LogP contribution in [0, 0.1) is 0 Å². The molecule has 188 valence electrons. The molecule has 0 amide bonds. The zero-order chi connectivity index (χ0) is 25.6. The van der Waals surface area contributed by atoms with Gasteiger partial charge in [0.1, 0.15) is 18.4 Å². The van der Waals surface area contributed by atoms with Crippen molar-refractivity contribution in [2.75, 3.05) is 13.2 Å². The van der Waals surface area contributed by atoms with Gasteiger partial charge in [-0.15, -0.1) is 10.2 Å². The fourth-order valence-electron chi connectivity index (χ4n) is 4.31. The minimum absolute atomic E-state index is 0.0729. The zero-order valence-corrected chi connectivity index (χ0v) is 19.8. The van der Waals surface area contributed by atoms with Gasteiger partial charge in [-0.05, 0) is 41.3 Å². The van der Waals surface area contributed by atoms with Crippen molar-refractivity contribution in [3.8, 4) is 11.4 Å². The lowest BCUT2D eigenvalue weighted by Gasteiger charge is -2.36. The molecule has 3 aromatic carbocycles. The van der Waals surface area contributed by atoms with Crippen LogP contribution in [0.1, 0.15) is 28.3 Å². The number of hydrogen-bond acceptors (Lipinski definition) is 8. The SMILES string of the molecule is O=C(O)COc1ccc(-n2ccnn2)cc1C1c2ccccc2CCN1OC(=O)OCc1ccccc1. The summed E-state index contributed by atoms with van der Waals surface area (Å²) in [5.74, 6) is -0.757. The molecule has 0 spiro atoms. The van der Waals surface area contributed by atoms with Crippen LogP contribution in [0.15, 0.2) is 85.2 Å². The molecule has 0 saturated heterocycles. The fraction of sp³-hybridized carbons (Fsp3) is 0.185. The largest absolute Gasteiger partial charge is 0.528 e. The molecule has 10 nitrogen and oxygen atoms in total. The molecule has 1 aromatic heterocycles. The number of aromatic nitrogens is 3. The quantitative estimate of drug-likeness (QED) is 0.359. The molecule has 1 unspecified atom stereocenters. The highest BCUT2D eigenvalue weighted by Gasteiger charge is 2.34. The minimum atomic E-state index is -1.10. The maximum Gasteiger partial charge on any atom is 0.528 e. The Kier molecular flexibility index (Phi) is 7.09. The first kappa shape index (κ1) is 24.0. The topological polar surface area (TPSA) is 116 Å². The van der Waals surface area contributed by atoms with E-state index in [4.69, 9.17) is 14.3 Å². The van der Waals surface area contributed by atoms with Crippen LogP contribution in [-0.4, -0.2) is 50.4 Å². The van der Waals surface area contributed by atoms with Crippen LogP contribution in [0.25, 0.3) is 5.69 Å². The van der Waals surface area contributed by atoms with E-state index in [0.29, 0.717) is 30.0 Å². The number of hydrogen-bond donors (Lipinski definition) is 1. The number of rotatable bonds is 8. The van der Waals surface area contributed by atoms with Crippen LogP contribution < -0.4 is 4.74 Å². The molecule has 0 fully saturated rings. The molecule has 0 aliphatic carbocycles. The van der Waals surface area contributed by atoms with Crippen molar-refractivity contribution >= 4 is 12.1 Å². The molecule has 0 radical (unpaired) electrons. The van der Waals surface area contributed by atoms with E-state index in [1.807, 2.05) is 60.7 Å². The van der Waals surface area contributed by atoms with Gasteiger partial charge in [-0.25, -0.2) is 14.3 Å². The number of carboxylic acid groups (broad SMARTS) is 1. The lowest BCUT2D eigenvalue weighted by molar-refractivity contribution is -0.152. The maximum atomic E-state index is 12.7. The van der Waals surface area contributed by atoms with Crippen molar-refractivity contribution < 1.29 is 29.0 Å². The standard InChI is InChI=1S/C27H24N4O6/c32-25(33)18-35-24-11-10-21(30-15-13-28-29-30)16-23(24)26-22-9-5-4-8-20(22)12-14-31(26)37-27(34)36-17-19-6-2-1-3-7-19/h1-11,13,15-16,26H,12,14,17-18H2,(H,32,33). The van der Waals surface area contributed by atoms with E-state index >= 15 is 0 Å². The van der Waals surface area contributed by atoms with Gasteiger partial charge in [0.25, 0.3) is 0 Å². The summed E-state index contributed by atoms with van der Waals surface area (Å²) in [4.78, 5) is 29.7. The molecule has 1 aliphatic rings. The average Bonchev–Trinajstić information content (AvgIpc) is 3.46. The van der Waals surface area contributed by atoms with Gasteiger partial charge in [0.2, 0.25) is 0 Å². The van der Waals surface area contributed by atoms with Crippen molar-refractivity contribution in [2.24, 2.45) is 0 Å². The predicted octanol–water partition coefficient (Wildman–Crippen LogP) is 3.95. The van der Waals surface area contributed by atoms with Crippen molar-refractivity contribution in [2.45, 2.75) is 19.1 Å². The molecule has 2 heterocycles. The minimum Gasteiger partial charge on any atom is -0.482 e. The molecule has 4 aromatic rings. The molecular weight excluding hydrogens is 476 g/mol. The van der Waals surface area contributed by atoms with Gasteiger partial charge in [-0.3, -0.25) is 0 Å². The molecule has 1 N–H and O–H groups in total. The van der Waals surface area contributed by atoms with Crippen LogP contribution in [0.3, 0.4) is 0 Å². The van der Waals surface area contributed by atoms with Gasteiger partial charge in [0.05, 0.1) is 18.1 Å². The van der Waals surface area contributed by atoms with Crippen molar-refractivity contribution in [1.29, 1.82) is 0 Å². The second-order valence-electron chi connectivity index (χ2n) is 8.36. The Morgan fingerprint density at radius 1 is 1.00 bits per heavy atom. The summed E-state index contributed by atoms with van der Waals surface area (Å²) in [6, 6.07) is 21.8. The van der Waals surface area contributed by atoms with E-state index in [2.05, 4.69) is 10.3 Å². The maximum absolute atomic E-state index is 12.7. The van der Waals surface area contributed by atoms with Gasteiger partial charge in [-0.1, -0.05) is 59.8 Å². The Bertz CT molecular complexity index is 1380. The normalized spacial score (nSPS) is 15.0. The lowest BCUT2D eigenvalue weighted by Crippen LogP contribution is -2.38. The van der Waals surface area contributed by atoms with Crippen molar-refractivity contribution in [3.63, 3.8) is 0 Å². The summed E-state index contributed by atoms with van der Waals surface area (Å²) in [5, 5.41) is 18.7. The fourth-order valence-corrected chi connectivity index (χ4v) is 4.31. The second-order valence-corrected chi connectivity index (χ2v) is 8.36. The molecule has 37 heavy (non-hydrogen) atoms. The first-order valence-electron chi connectivity index (χ1n) is 11.7. The summed E-state index contributed by atoms with van der Waals surface area (Å²) >= 11 is 0. The van der Waals surface area contributed by atoms with Crippen molar-refractivity contribution in [3.05, 3.63) is 107 Å². The van der Waals surface area contributed by atoms with Crippen molar-refractivity contribution in [1.82, 2.24) is 20.1 Å². The molecule has 0 bridgehead atoms. The Labute approximate surface area is 212 Å².